The third-order valence-electron chi connectivity index (χ3n) is 6.67. The summed E-state index contributed by atoms with van der Waals surface area (Å²) in [6.07, 6.45) is -8.23. The summed E-state index contributed by atoms with van der Waals surface area (Å²) in [7, 11) is 8.25. The van der Waals surface area contributed by atoms with Crippen molar-refractivity contribution in [3.05, 3.63) is 28.4 Å². The summed E-state index contributed by atoms with van der Waals surface area (Å²) in [5, 5.41) is 40.6. The number of hydrogen-bond donors (Lipinski definition) is 4. The predicted molar refractivity (Wildman–Crippen MR) is 142 cm³/mol. The Morgan fingerprint density at radius 3 is 1.90 bits per heavy atom. The molecule has 1 saturated heterocycles. The molecule has 0 aliphatic carbocycles. The lowest BCUT2D eigenvalue weighted by atomic mass is 9.99. The van der Waals surface area contributed by atoms with E-state index in [2.05, 4.69) is 0 Å². The molecule has 0 radical (unpaired) electrons. The predicted octanol–water partition coefficient (Wildman–Crippen LogP) is 0.690. The molecule has 1 aromatic heterocycles. The van der Waals surface area contributed by atoms with Crippen molar-refractivity contribution < 1.29 is 62.7 Å². The Hall–Kier alpha value is -3.95. The Morgan fingerprint density at radius 1 is 0.732 bits per heavy atom. The molecule has 0 unspecified atom stereocenters. The van der Waals surface area contributed by atoms with E-state index in [1.165, 1.54) is 48.7 Å². The van der Waals surface area contributed by atoms with Crippen molar-refractivity contribution in [1.82, 2.24) is 0 Å². The number of fused-ring (bicyclic) bond motifs is 1. The first-order valence-corrected chi connectivity index (χ1v) is 12.3. The molecule has 4 rings (SSSR count). The minimum Gasteiger partial charge on any atom is -0.493 e. The number of hydrogen-bond acceptors (Lipinski definition) is 14. The SMILES string of the molecule is COc1ccc(-c2oc3c(OC)c(OC)c(OC)c(OC)c3c(=O)c2O[C@@H]2O[C@H](CO)[C@@H](O)[C@H](O)[C@H]2O)cc1OC. The zero-order valence-electron chi connectivity index (χ0n) is 23.2. The van der Waals surface area contributed by atoms with Crippen molar-refractivity contribution in [2.45, 2.75) is 30.7 Å². The molecule has 0 bridgehead atoms. The monoisotopic (exact) mass is 580 g/mol. The zero-order chi connectivity index (χ0) is 30.0. The van der Waals surface area contributed by atoms with Crippen LogP contribution in [0.1, 0.15) is 0 Å². The molecule has 5 atom stereocenters. The molecule has 1 fully saturated rings. The maximum Gasteiger partial charge on any atom is 0.239 e. The van der Waals surface area contributed by atoms with Gasteiger partial charge in [0.2, 0.25) is 34.7 Å². The Balaban J connectivity index is 2.07. The first kappa shape index (κ1) is 30.0. The van der Waals surface area contributed by atoms with Crippen molar-refractivity contribution in [2.24, 2.45) is 0 Å². The summed E-state index contributed by atoms with van der Waals surface area (Å²) < 4.78 is 50.4. The van der Waals surface area contributed by atoms with Gasteiger partial charge in [-0.05, 0) is 18.2 Å². The molecule has 4 N–H and O–H groups in total. The second-order valence-corrected chi connectivity index (χ2v) is 8.81. The highest BCUT2D eigenvalue weighted by Crippen LogP contribution is 2.51. The number of rotatable bonds is 10. The molecule has 2 heterocycles. The van der Waals surface area contributed by atoms with Crippen LogP contribution < -0.4 is 38.6 Å². The van der Waals surface area contributed by atoms with Gasteiger partial charge in [-0.2, -0.15) is 0 Å². The van der Waals surface area contributed by atoms with Crippen molar-refractivity contribution >= 4 is 11.0 Å². The molecule has 41 heavy (non-hydrogen) atoms. The van der Waals surface area contributed by atoms with Gasteiger partial charge in [0.1, 0.15) is 29.8 Å². The molecule has 2 aromatic carbocycles. The maximum atomic E-state index is 14.2. The summed E-state index contributed by atoms with van der Waals surface area (Å²) in [5.41, 5.74) is -0.612. The molecule has 0 amide bonds. The van der Waals surface area contributed by atoms with Gasteiger partial charge in [0.05, 0.1) is 49.3 Å². The number of methoxy groups -OCH3 is 6. The molecular formula is C27H32O14. The molecular weight excluding hydrogens is 548 g/mol. The summed E-state index contributed by atoms with van der Waals surface area (Å²) in [5.74, 6) is 0.122. The van der Waals surface area contributed by atoms with Gasteiger partial charge in [-0.25, -0.2) is 0 Å². The molecule has 0 saturated carbocycles. The van der Waals surface area contributed by atoms with Gasteiger partial charge < -0.3 is 62.7 Å². The van der Waals surface area contributed by atoms with Crippen LogP contribution in [0.5, 0.6) is 40.2 Å². The van der Waals surface area contributed by atoms with Crippen molar-refractivity contribution in [3.63, 3.8) is 0 Å². The van der Waals surface area contributed by atoms with Crippen LogP contribution in [0.25, 0.3) is 22.3 Å². The van der Waals surface area contributed by atoms with Gasteiger partial charge in [0.25, 0.3) is 0 Å². The highest BCUT2D eigenvalue weighted by atomic mass is 16.7. The smallest absolute Gasteiger partial charge is 0.239 e. The second kappa shape index (κ2) is 12.3. The van der Waals surface area contributed by atoms with E-state index in [-0.39, 0.29) is 45.3 Å². The normalized spacial score (nSPS) is 22.2. The summed E-state index contributed by atoms with van der Waals surface area (Å²) in [6, 6.07) is 4.66. The van der Waals surface area contributed by atoms with E-state index in [1.807, 2.05) is 0 Å². The lowest BCUT2D eigenvalue weighted by Crippen LogP contribution is -2.60. The Kier molecular flexibility index (Phi) is 8.99. The lowest BCUT2D eigenvalue weighted by Gasteiger charge is -2.39. The summed E-state index contributed by atoms with van der Waals surface area (Å²) in [6.45, 7) is -0.707. The lowest BCUT2D eigenvalue weighted by molar-refractivity contribution is -0.277. The quantitative estimate of drug-likeness (QED) is 0.262. The van der Waals surface area contributed by atoms with Crippen LogP contribution in [0.2, 0.25) is 0 Å². The molecule has 14 nitrogen and oxygen atoms in total. The third kappa shape index (κ3) is 5.04. The van der Waals surface area contributed by atoms with Crippen molar-refractivity contribution in [3.8, 4) is 51.6 Å². The van der Waals surface area contributed by atoms with E-state index in [0.29, 0.717) is 11.5 Å². The summed E-state index contributed by atoms with van der Waals surface area (Å²) in [4.78, 5) is 14.2. The highest BCUT2D eigenvalue weighted by molar-refractivity contribution is 5.97. The number of ether oxygens (including phenoxy) is 8. The first-order chi connectivity index (χ1) is 19.7. The maximum absolute atomic E-state index is 14.2. The van der Waals surface area contributed by atoms with Crippen LogP contribution >= 0.6 is 0 Å². The topological polar surface area (TPSA) is 185 Å². The van der Waals surface area contributed by atoms with Gasteiger partial charge >= 0.3 is 0 Å². The minimum atomic E-state index is -1.82. The van der Waals surface area contributed by atoms with E-state index >= 15 is 0 Å². The van der Waals surface area contributed by atoms with E-state index in [9.17, 15) is 25.2 Å². The van der Waals surface area contributed by atoms with E-state index in [0.717, 1.165) is 0 Å². The van der Waals surface area contributed by atoms with Gasteiger partial charge in [-0.15, -0.1) is 0 Å². The van der Waals surface area contributed by atoms with Gasteiger partial charge in [-0.1, -0.05) is 0 Å². The largest absolute Gasteiger partial charge is 0.493 e. The fourth-order valence-corrected chi connectivity index (χ4v) is 4.61. The average molecular weight is 581 g/mol. The Labute approximate surface area is 234 Å². The Bertz CT molecular complexity index is 1450. The minimum absolute atomic E-state index is 0.0124. The van der Waals surface area contributed by atoms with Crippen molar-refractivity contribution in [1.29, 1.82) is 0 Å². The molecule has 224 valence electrons. The third-order valence-corrected chi connectivity index (χ3v) is 6.67. The molecule has 0 spiro atoms. The van der Waals surface area contributed by atoms with Crippen LogP contribution in [-0.4, -0.2) is 100 Å². The fourth-order valence-electron chi connectivity index (χ4n) is 4.61. The van der Waals surface area contributed by atoms with Gasteiger partial charge in [0, 0.05) is 5.56 Å². The standard InChI is InChI=1S/C27H32O14/c1-33-12-8-7-11(9-13(12)34-2)20-23(41-27-19(32)18(31)16(29)14(10-28)39-27)17(30)15-21(35-3)24(36-4)26(38-6)25(37-5)22(15)40-20/h7-9,14,16,18-19,27-29,31-32H,10H2,1-6H3/t14-,16-,18+,19-,27+/m1/s1. The van der Waals surface area contributed by atoms with Crippen LogP contribution in [0.3, 0.4) is 0 Å². The molecule has 3 aromatic rings. The molecule has 1 aliphatic heterocycles. The summed E-state index contributed by atoms with van der Waals surface area (Å²) >= 11 is 0. The second-order valence-electron chi connectivity index (χ2n) is 8.81. The van der Waals surface area contributed by atoms with E-state index < -0.39 is 48.5 Å². The van der Waals surface area contributed by atoms with Crippen molar-refractivity contribution in [2.75, 3.05) is 49.3 Å². The zero-order valence-corrected chi connectivity index (χ0v) is 23.2. The van der Waals surface area contributed by atoms with Crippen LogP contribution in [0.15, 0.2) is 27.4 Å². The van der Waals surface area contributed by atoms with Crippen LogP contribution in [0, 0.1) is 0 Å². The average Bonchev–Trinajstić information content (AvgIpc) is 3.00. The van der Waals surface area contributed by atoms with Gasteiger partial charge in [-0.3, -0.25) is 4.79 Å². The highest BCUT2D eigenvalue weighted by Gasteiger charge is 2.45. The van der Waals surface area contributed by atoms with Crippen LogP contribution in [-0.2, 0) is 4.74 Å². The molecule has 14 heteroatoms. The number of aliphatic hydroxyl groups is 4. The van der Waals surface area contributed by atoms with E-state index in [4.69, 9.17) is 42.3 Å². The Morgan fingerprint density at radius 2 is 1.34 bits per heavy atom. The van der Waals surface area contributed by atoms with Gasteiger partial charge in [0.15, 0.2) is 28.6 Å². The first-order valence-electron chi connectivity index (χ1n) is 12.3. The number of benzene rings is 2. The fraction of sp³-hybridized carbons (Fsp3) is 0.444. The molecule has 1 aliphatic rings. The van der Waals surface area contributed by atoms with E-state index in [1.54, 1.807) is 12.1 Å². The number of aliphatic hydroxyl groups excluding tert-OH is 4. The van der Waals surface area contributed by atoms with Crippen LogP contribution in [0.4, 0.5) is 0 Å².